The highest BCUT2D eigenvalue weighted by Gasteiger charge is 2.00. The summed E-state index contributed by atoms with van der Waals surface area (Å²) in [5.41, 5.74) is 2.49. The van der Waals surface area contributed by atoms with Crippen LogP contribution in [0.1, 0.15) is 24.5 Å². The topological polar surface area (TPSA) is 47.0 Å². The Morgan fingerprint density at radius 1 is 1.21 bits per heavy atom. The van der Waals surface area contributed by atoms with Crippen LogP contribution in [-0.2, 0) is 6.54 Å². The van der Waals surface area contributed by atoms with Gasteiger partial charge in [-0.2, -0.15) is 0 Å². The summed E-state index contributed by atoms with van der Waals surface area (Å²) in [6, 6.07) is 10.2. The number of ether oxygens (including phenoxy) is 1. The molecule has 2 aromatic rings. The second-order valence-electron chi connectivity index (χ2n) is 4.43. The first-order chi connectivity index (χ1) is 9.28. The van der Waals surface area contributed by atoms with Crippen LogP contribution in [-0.4, -0.2) is 16.6 Å². The smallest absolute Gasteiger partial charge is 0.218 e. The van der Waals surface area contributed by atoms with Crippen molar-refractivity contribution in [3.63, 3.8) is 0 Å². The number of rotatable bonds is 6. The van der Waals surface area contributed by atoms with Gasteiger partial charge in [0.1, 0.15) is 12.1 Å². The summed E-state index contributed by atoms with van der Waals surface area (Å²) in [6.07, 6.45) is 2.49. The molecule has 0 fully saturated rings. The van der Waals surface area contributed by atoms with Gasteiger partial charge in [0.15, 0.2) is 0 Å². The third-order valence-electron chi connectivity index (χ3n) is 2.65. The average molecular weight is 257 g/mol. The summed E-state index contributed by atoms with van der Waals surface area (Å²) in [5.74, 6) is 1.39. The van der Waals surface area contributed by atoms with E-state index in [-0.39, 0.29) is 0 Å². The highest BCUT2D eigenvalue weighted by molar-refractivity contribution is 5.38. The zero-order valence-electron chi connectivity index (χ0n) is 11.4. The minimum Gasteiger partial charge on any atom is -0.478 e. The molecule has 0 unspecified atom stereocenters. The van der Waals surface area contributed by atoms with E-state index in [1.807, 2.05) is 6.07 Å². The fraction of sp³-hybridized carbons (Fsp3) is 0.333. The van der Waals surface area contributed by atoms with Crippen molar-refractivity contribution in [2.45, 2.75) is 26.8 Å². The number of anilines is 1. The van der Waals surface area contributed by atoms with Gasteiger partial charge in [0, 0.05) is 12.6 Å². The monoisotopic (exact) mass is 257 g/mol. The number of aromatic nitrogens is 2. The van der Waals surface area contributed by atoms with Crippen molar-refractivity contribution in [3.05, 3.63) is 47.8 Å². The van der Waals surface area contributed by atoms with Crippen LogP contribution in [0.25, 0.3) is 0 Å². The Morgan fingerprint density at radius 3 is 2.89 bits per heavy atom. The van der Waals surface area contributed by atoms with Gasteiger partial charge >= 0.3 is 0 Å². The Morgan fingerprint density at radius 2 is 2.11 bits per heavy atom. The molecule has 19 heavy (non-hydrogen) atoms. The number of benzene rings is 1. The van der Waals surface area contributed by atoms with Gasteiger partial charge in [-0.3, -0.25) is 0 Å². The normalized spacial score (nSPS) is 10.2. The molecule has 0 aliphatic carbocycles. The van der Waals surface area contributed by atoms with Gasteiger partial charge < -0.3 is 10.1 Å². The molecule has 1 aromatic carbocycles. The second-order valence-corrected chi connectivity index (χ2v) is 4.43. The van der Waals surface area contributed by atoms with Crippen molar-refractivity contribution in [1.82, 2.24) is 9.97 Å². The Bertz CT molecular complexity index is 528. The maximum absolute atomic E-state index is 5.48. The van der Waals surface area contributed by atoms with Gasteiger partial charge in [-0.15, -0.1) is 0 Å². The third kappa shape index (κ3) is 4.25. The molecule has 2 rings (SSSR count). The Hall–Kier alpha value is -2.10. The van der Waals surface area contributed by atoms with Crippen LogP contribution in [0.2, 0.25) is 0 Å². The van der Waals surface area contributed by atoms with Crippen molar-refractivity contribution >= 4 is 5.82 Å². The molecule has 4 heteroatoms. The highest BCUT2D eigenvalue weighted by atomic mass is 16.5. The maximum atomic E-state index is 5.48. The molecule has 100 valence electrons. The van der Waals surface area contributed by atoms with E-state index in [0.29, 0.717) is 12.5 Å². The Kier molecular flexibility index (Phi) is 4.72. The molecule has 0 atom stereocenters. The lowest BCUT2D eigenvalue weighted by atomic mass is 10.1. The predicted octanol–water partition coefficient (Wildman–Crippen LogP) is 3.19. The standard InChI is InChI=1S/C15H19N3O/c1-3-7-19-15-9-14(17-11-18-15)16-10-13-6-4-5-12(2)8-13/h4-6,8-9,11H,3,7,10H2,1-2H3,(H,16,17,18). The molecule has 0 saturated carbocycles. The van der Waals surface area contributed by atoms with E-state index in [2.05, 4.69) is 53.4 Å². The predicted molar refractivity (Wildman–Crippen MR) is 76.3 cm³/mol. The van der Waals surface area contributed by atoms with Crippen LogP contribution in [0.5, 0.6) is 5.88 Å². The van der Waals surface area contributed by atoms with Gasteiger partial charge in [-0.1, -0.05) is 36.8 Å². The van der Waals surface area contributed by atoms with Crippen molar-refractivity contribution < 1.29 is 4.74 Å². The van der Waals surface area contributed by atoms with E-state index in [9.17, 15) is 0 Å². The number of hydrogen-bond donors (Lipinski definition) is 1. The van der Waals surface area contributed by atoms with E-state index in [1.165, 1.54) is 17.5 Å². The SMILES string of the molecule is CCCOc1cc(NCc2cccc(C)c2)ncn1. The molecule has 1 N–H and O–H groups in total. The molecular formula is C15H19N3O. The lowest BCUT2D eigenvalue weighted by Gasteiger charge is -2.08. The first-order valence-corrected chi connectivity index (χ1v) is 6.52. The molecule has 0 bridgehead atoms. The summed E-state index contributed by atoms with van der Waals surface area (Å²) < 4.78 is 5.48. The highest BCUT2D eigenvalue weighted by Crippen LogP contribution is 2.13. The fourth-order valence-electron chi connectivity index (χ4n) is 1.74. The molecule has 0 aliphatic heterocycles. The van der Waals surface area contributed by atoms with Gasteiger partial charge in [-0.25, -0.2) is 9.97 Å². The van der Waals surface area contributed by atoms with Crippen LogP contribution in [0.15, 0.2) is 36.7 Å². The van der Waals surface area contributed by atoms with E-state index >= 15 is 0 Å². The van der Waals surface area contributed by atoms with Crippen LogP contribution >= 0.6 is 0 Å². The Balaban J connectivity index is 1.95. The lowest BCUT2D eigenvalue weighted by Crippen LogP contribution is -2.03. The molecule has 0 amide bonds. The summed E-state index contributed by atoms with van der Waals surface area (Å²) >= 11 is 0. The van der Waals surface area contributed by atoms with E-state index < -0.39 is 0 Å². The average Bonchev–Trinajstić information content (AvgIpc) is 2.43. The summed E-state index contributed by atoms with van der Waals surface area (Å²) in [4.78, 5) is 8.26. The van der Waals surface area contributed by atoms with Crippen LogP contribution in [0.4, 0.5) is 5.82 Å². The first-order valence-electron chi connectivity index (χ1n) is 6.52. The molecule has 1 heterocycles. The van der Waals surface area contributed by atoms with E-state index in [4.69, 9.17) is 4.74 Å². The molecule has 0 aliphatic rings. The fourth-order valence-corrected chi connectivity index (χ4v) is 1.74. The number of hydrogen-bond acceptors (Lipinski definition) is 4. The Labute approximate surface area is 113 Å². The zero-order chi connectivity index (χ0) is 13.5. The third-order valence-corrected chi connectivity index (χ3v) is 2.65. The van der Waals surface area contributed by atoms with Crippen LogP contribution in [0, 0.1) is 6.92 Å². The minimum atomic E-state index is 0.614. The molecule has 0 radical (unpaired) electrons. The van der Waals surface area contributed by atoms with Gasteiger partial charge in [0.05, 0.1) is 6.61 Å². The second kappa shape index (κ2) is 6.73. The quantitative estimate of drug-likeness (QED) is 0.863. The van der Waals surface area contributed by atoms with Crippen molar-refractivity contribution in [3.8, 4) is 5.88 Å². The number of nitrogens with one attached hydrogen (secondary N) is 1. The molecule has 1 aromatic heterocycles. The number of aryl methyl sites for hydroxylation is 1. The summed E-state index contributed by atoms with van der Waals surface area (Å²) in [6.45, 7) is 5.57. The maximum Gasteiger partial charge on any atom is 0.218 e. The van der Waals surface area contributed by atoms with E-state index in [0.717, 1.165) is 18.8 Å². The minimum absolute atomic E-state index is 0.614. The number of nitrogens with zero attached hydrogens (tertiary/aromatic N) is 2. The van der Waals surface area contributed by atoms with Crippen molar-refractivity contribution in [1.29, 1.82) is 0 Å². The molecular weight excluding hydrogens is 238 g/mol. The van der Waals surface area contributed by atoms with Crippen molar-refractivity contribution in [2.24, 2.45) is 0 Å². The molecule has 4 nitrogen and oxygen atoms in total. The molecule has 0 spiro atoms. The summed E-state index contributed by atoms with van der Waals surface area (Å²) in [5, 5.41) is 3.27. The largest absolute Gasteiger partial charge is 0.478 e. The molecule has 0 saturated heterocycles. The van der Waals surface area contributed by atoms with Gasteiger partial charge in [-0.05, 0) is 18.9 Å². The van der Waals surface area contributed by atoms with Gasteiger partial charge in [0.2, 0.25) is 5.88 Å². The first kappa shape index (κ1) is 13.3. The van der Waals surface area contributed by atoms with E-state index in [1.54, 1.807) is 0 Å². The lowest BCUT2D eigenvalue weighted by molar-refractivity contribution is 0.305. The zero-order valence-corrected chi connectivity index (χ0v) is 11.4. The summed E-state index contributed by atoms with van der Waals surface area (Å²) in [7, 11) is 0. The van der Waals surface area contributed by atoms with Gasteiger partial charge in [0.25, 0.3) is 0 Å². The van der Waals surface area contributed by atoms with Crippen LogP contribution < -0.4 is 10.1 Å². The van der Waals surface area contributed by atoms with Crippen LogP contribution in [0.3, 0.4) is 0 Å². The van der Waals surface area contributed by atoms with Crippen molar-refractivity contribution in [2.75, 3.05) is 11.9 Å².